The van der Waals surface area contributed by atoms with Gasteiger partial charge in [0.1, 0.15) is 11.3 Å². The molecule has 2 heterocycles. The summed E-state index contributed by atoms with van der Waals surface area (Å²) in [6.45, 7) is 2.52. The maximum Gasteiger partial charge on any atom is 0.237 e. The highest BCUT2D eigenvalue weighted by atomic mass is 35.5. The standard InChI is InChI=1S/C19H24N2O2.ClH/c1-12-14-7-3-5-9-17(14)23-18(12)11-20-19(22)16-10-13-6-2-4-8-15(13)21-16;/h3,5,7,9,13,15-16,21H,2,4,6,8,10-11H2,1H3,(H,20,22);1H. The highest BCUT2D eigenvalue weighted by Gasteiger charge is 2.38. The molecule has 1 saturated carbocycles. The highest BCUT2D eigenvalue weighted by molar-refractivity contribution is 5.85. The van der Waals surface area contributed by atoms with Gasteiger partial charge in [0.25, 0.3) is 0 Å². The molecule has 4 rings (SSSR count). The van der Waals surface area contributed by atoms with Crippen LogP contribution in [0.25, 0.3) is 11.0 Å². The molecule has 1 aromatic heterocycles. The minimum absolute atomic E-state index is 0. The second-order valence-corrected chi connectivity index (χ2v) is 6.97. The van der Waals surface area contributed by atoms with E-state index >= 15 is 0 Å². The molecule has 3 atom stereocenters. The maximum atomic E-state index is 12.5. The van der Waals surface area contributed by atoms with Gasteiger partial charge in [-0.05, 0) is 38.2 Å². The van der Waals surface area contributed by atoms with Gasteiger partial charge >= 0.3 is 0 Å². The first-order valence-electron chi connectivity index (χ1n) is 8.73. The van der Waals surface area contributed by atoms with Crippen LogP contribution >= 0.6 is 12.4 Å². The minimum Gasteiger partial charge on any atom is -0.459 e. The van der Waals surface area contributed by atoms with Gasteiger partial charge in [0.2, 0.25) is 5.91 Å². The van der Waals surface area contributed by atoms with Crippen molar-refractivity contribution >= 4 is 29.3 Å². The molecule has 4 nitrogen and oxygen atoms in total. The minimum atomic E-state index is -0.0345. The lowest BCUT2D eigenvalue weighted by molar-refractivity contribution is -0.123. The first kappa shape index (κ1) is 17.3. The van der Waals surface area contributed by atoms with E-state index in [1.807, 2.05) is 18.2 Å². The van der Waals surface area contributed by atoms with E-state index in [4.69, 9.17) is 4.42 Å². The number of halogens is 1. The Balaban J connectivity index is 0.00000169. The molecule has 0 radical (unpaired) electrons. The van der Waals surface area contributed by atoms with Crippen molar-refractivity contribution in [3.63, 3.8) is 0 Å². The summed E-state index contributed by atoms with van der Waals surface area (Å²) in [5.74, 6) is 1.65. The number of fused-ring (bicyclic) bond motifs is 2. The van der Waals surface area contributed by atoms with Gasteiger partial charge in [-0.3, -0.25) is 4.79 Å². The van der Waals surface area contributed by atoms with E-state index in [0.717, 1.165) is 28.7 Å². The van der Waals surface area contributed by atoms with Gasteiger partial charge in [0.15, 0.2) is 0 Å². The van der Waals surface area contributed by atoms with E-state index in [0.29, 0.717) is 18.5 Å². The lowest BCUT2D eigenvalue weighted by Gasteiger charge is -2.24. The molecule has 1 aliphatic heterocycles. The molecule has 3 unspecified atom stereocenters. The Morgan fingerprint density at radius 3 is 2.88 bits per heavy atom. The number of benzene rings is 1. The maximum absolute atomic E-state index is 12.5. The van der Waals surface area contributed by atoms with Crippen molar-refractivity contribution < 1.29 is 9.21 Å². The molecule has 5 heteroatoms. The summed E-state index contributed by atoms with van der Waals surface area (Å²) in [4.78, 5) is 12.5. The van der Waals surface area contributed by atoms with Crippen LogP contribution in [0.2, 0.25) is 0 Å². The molecule has 2 fully saturated rings. The van der Waals surface area contributed by atoms with Gasteiger partial charge in [-0.1, -0.05) is 31.0 Å². The topological polar surface area (TPSA) is 54.3 Å². The first-order valence-corrected chi connectivity index (χ1v) is 8.73. The number of hydrogen-bond acceptors (Lipinski definition) is 3. The molecular weight excluding hydrogens is 324 g/mol. The number of aryl methyl sites for hydroxylation is 1. The normalized spacial score (nSPS) is 26.0. The van der Waals surface area contributed by atoms with E-state index in [-0.39, 0.29) is 24.4 Å². The number of amides is 1. The number of hydrogen-bond donors (Lipinski definition) is 2. The van der Waals surface area contributed by atoms with Gasteiger partial charge in [-0.25, -0.2) is 0 Å². The molecule has 2 aromatic rings. The summed E-state index contributed by atoms with van der Waals surface area (Å²) in [5, 5.41) is 7.71. The van der Waals surface area contributed by atoms with Crippen LogP contribution in [0.3, 0.4) is 0 Å². The Labute approximate surface area is 148 Å². The summed E-state index contributed by atoms with van der Waals surface area (Å²) < 4.78 is 5.87. The predicted molar refractivity (Wildman–Crippen MR) is 97.3 cm³/mol. The number of carbonyl (C=O) groups excluding carboxylic acids is 1. The van der Waals surface area contributed by atoms with Crippen LogP contribution in [0, 0.1) is 12.8 Å². The van der Waals surface area contributed by atoms with Gasteiger partial charge in [-0.15, -0.1) is 12.4 Å². The molecule has 1 aliphatic carbocycles. The summed E-state index contributed by atoms with van der Waals surface area (Å²) in [7, 11) is 0. The number of furan rings is 1. The molecule has 130 valence electrons. The number of carbonyl (C=O) groups is 1. The van der Waals surface area contributed by atoms with Crippen molar-refractivity contribution in [3.8, 4) is 0 Å². The smallest absolute Gasteiger partial charge is 0.237 e. The number of nitrogens with one attached hydrogen (secondary N) is 2. The third-order valence-corrected chi connectivity index (χ3v) is 5.54. The molecule has 2 aliphatic rings. The van der Waals surface area contributed by atoms with Crippen molar-refractivity contribution in [1.29, 1.82) is 0 Å². The van der Waals surface area contributed by atoms with Crippen LogP contribution in [0.5, 0.6) is 0 Å². The Hall–Kier alpha value is -1.52. The van der Waals surface area contributed by atoms with Crippen molar-refractivity contribution in [1.82, 2.24) is 10.6 Å². The zero-order chi connectivity index (χ0) is 15.8. The van der Waals surface area contributed by atoms with Crippen molar-refractivity contribution in [2.24, 2.45) is 5.92 Å². The van der Waals surface area contributed by atoms with Crippen molar-refractivity contribution in [3.05, 3.63) is 35.6 Å². The molecule has 1 amide bonds. The first-order chi connectivity index (χ1) is 11.2. The fraction of sp³-hybridized carbons (Fsp3) is 0.526. The molecule has 0 bridgehead atoms. The molecule has 24 heavy (non-hydrogen) atoms. The van der Waals surface area contributed by atoms with E-state index in [2.05, 4.69) is 23.6 Å². The van der Waals surface area contributed by atoms with Crippen molar-refractivity contribution in [2.75, 3.05) is 0 Å². The predicted octanol–water partition coefficient (Wildman–Crippen LogP) is 3.70. The summed E-state index contributed by atoms with van der Waals surface area (Å²) >= 11 is 0. The number of rotatable bonds is 3. The van der Waals surface area contributed by atoms with Gasteiger partial charge in [0.05, 0.1) is 12.6 Å². The van der Waals surface area contributed by atoms with E-state index in [1.165, 1.54) is 25.7 Å². The van der Waals surface area contributed by atoms with Crippen molar-refractivity contribution in [2.45, 2.75) is 57.7 Å². The second kappa shape index (κ2) is 7.16. The largest absolute Gasteiger partial charge is 0.459 e. The van der Waals surface area contributed by atoms with E-state index in [9.17, 15) is 4.79 Å². The number of para-hydroxylation sites is 1. The molecule has 1 saturated heterocycles. The summed E-state index contributed by atoms with van der Waals surface area (Å²) in [6.07, 6.45) is 6.08. The third-order valence-electron chi connectivity index (χ3n) is 5.54. The zero-order valence-corrected chi connectivity index (χ0v) is 14.8. The lowest BCUT2D eigenvalue weighted by atomic mass is 9.85. The second-order valence-electron chi connectivity index (χ2n) is 6.97. The zero-order valence-electron chi connectivity index (χ0n) is 14.0. The van der Waals surface area contributed by atoms with Crippen LogP contribution < -0.4 is 10.6 Å². The van der Waals surface area contributed by atoms with Gasteiger partial charge in [-0.2, -0.15) is 0 Å². The Kier molecular flexibility index (Phi) is 5.16. The average molecular weight is 349 g/mol. The van der Waals surface area contributed by atoms with Crippen LogP contribution in [0.15, 0.2) is 28.7 Å². The fourth-order valence-electron chi connectivity index (χ4n) is 4.21. The van der Waals surface area contributed by atoms with Crippen LogP contribution in [-0.4, -0.2) is 18.0 Å². The fourth-order valence-corrected chi connectivity index (χ4v) is 4.21. The van der Waals surface area contributed by atoms with Crippen LogP contribution in [0.1, 0.15) is 43.4 Å². The quantitative estimate of drug-likeness (QED) is 0.889. The third kappa shape index (κ3) is 3.17. The van der Waals surface area contributed by atoms with Gasteiger partial charge in [0, 0.05) is 17.0 Å². The molecular formula is C19H25ClN2O2. The summed E-state index contributed by atoms with van der Waals surface area (Å²) in [5.41, 5.74) is 2.01. The van der Waals surface area contributed by atoms with Crippen LogP contribution in [0.4, 0.5) is 0 Å². The Morgan fingerprint density at radius 2 is 2.08 bits per heavy atom. The Bertz CT molecular complexity index is 713. The molecule has 2 N–H and O–H groups in total. The van der Waals surface area contributed by atoms with Gasteiger partial charge < -0.3 is 15.1 Å². The highest BCUT2D eigenvalue weighted by Crippen LogP contribution is 2.33. The average Bonchev–Trinajstić information content (AvgIpc) is 3.15. The van der Waals surface area contributed by atoms with E-state index in [1.54, 1.807) is 0 Å². The summed E-state index contributed by atoms with van der Waals surface area (Å²) in [6, 6.07) is 8.52. The monoisotopic (exact) mass is 348 g/mol. The Morgan fingerprint density at radius 1 is 1.29 bits per heavy atom. The lowest BCUT2D eigenvalue weighted by Crippen LogP contribution is -2.42. The molecule has 0 spiro atoms. The van der Waals surface area contributed by atoms with Crippen LogP contribution in [-0.2, 0) is 11.3 Å². The molecule has 1 aromatic carbocycles. The SMILES string of the molecule is Cc1c(CNC(=O)C2CC3CCCCC3N2)oc2ccccc12.Cl. The van der Waals surface area contributed by atoms with E-state index < -0.39 is 0 Å².